The van der Waals surface area contributed by atoms with Gasteiger partial charge >= 0.3 is 0 Å². The molecule has 0 saturated heterocycles. The number of nitrogens with two attached hydrogens (primary N) is 1. The van der Waals surface area contributed by atoms with Crippen LogP contribution in [0.25, 0.3) is 0 Å². The second-order valence-corrected chi connectivity index (χ2v) is 5.62. The third-order valence-electron chi connectivity index (χ3n) is 4.42. The van der Waals surface area contributed by atoms with E-state index in [1.807, 2.05) is 24.1 Å². The van der Waals surface area contributed by atoms with Gasteiger partial charge in [0, 0.05) is 24.3 Å². The Bertz CT molecular complexity index is 419. The lowest BCUT2D eigenvalue weighted by molar-refractivity contribution is 0.0675. The molecule has 2 N–H and O–H groups in total. The van der Waals surface area contributed by atoms with Crippen molar-refractivity contribution in [2.75, 3.05) is 12.8 Å². The van der Waals surface area contributed by atoms with Gasteiger partial charge in [-0.15, -0.1) is 0 Å². The summed E-state index contributed by atoms with van der Waals surface area (Å²) in [6.07, 6.45) is 6.04. The first-order valence-electron chi connectivity index (χ1n) is 7.24. The normalized spacial score (nSPS) is 23.1. The van der Waals surface area contributed by atoms with Crippen LogP contribution < -0.4 is 5.73 Å². The van der Waals surface area contributed by atoms with Crippen molar-refractivity contribution in [2.45, 2.75) is 45.1 Å². The summed E-state index contributed by atoms with van der Waals surface area (Å²) in [5, 5.41) is 0. The van der Waals surface area contributed by atoms with Crippen LogP contribution in [-0.2, 0) is 0 Å². The van der Waals surface area contributed by atoms with E-state index >= 15 is 0 Å². The molecule has 1 aliphatic rings. The zero-order valence-corrected chi connectivity index (χ0v) is 11.9. The summed E-state index contributed by atoms with van der Waals surface area (Å²) < 4.78 is 0. The highest BCUT2D eigenvalue weighted by atomic mass is 16.2. The van der Waals surface area contributed by atoms with Gasteiger partial charge in [0.25, 0.3) is 5.91 Å². The Balaban J connectivity index is 1.98. The first-order chi connectivity index (χ1) is 9.11. The highest BCUT2D eigenvalue weighted by molar-refractivity contribution is 5.94. The molecule has 0 spiro atoms. The Kier molecular flexibility index (Phi) is 4.46. The zero-order valence-electron chi connectivity index (χ0n) is 11.9. The molecule has 0 unspecified atom stereocenters. The monoisotopic (exact) mass is 260 g/mol. The topological polar surface area (TPSA) is 46.3 Å². The molecule has 1 amide bonds. The Morgan fingerprint density at radius 3 is 2.32 bits per heavy atom. The van der Waals surface area contributed by atoms with Crippen LogP contribution >= 0.6 is 0 Å². The van der Waals surface area contributed by atoms with E-state index in [0.717, 1.165) is 24.3 Å². The van der Waals surface area contributed by atoms with Gasteiger partial charge in [-0.3, -0.25) is 4.79 Å². The van der Waals surface area contributed by atoms with Crippen molar-refractivity contribution in [3.63, 3.8) is 0 Å². The number of rotatable bonds is 3. The van der Waals surface area contributed by atoms with Crippen LogP contribution in [0.15, 0.2) is 24.3 Å². The average Bonchev–Trinajstić information content (AvgIpc) is 2.46. The van der Waals surface area contributed by atoms with Gasteiger partial charge in [0.05, 0.1) is 0 Å². The average molecular weight is 260 g/mol. The van der Waals surface area contributed by atoms with Crippen LogP contribution in [0.2, 0.25) is 0 Å². The molecule has 0 atom stereocenters. The molecule has 0 aliphatic heterocycles. The zero-order chi connectivity index (χ0) is 13.8. The molecule has 19 heavy (non-hydrogen) atoms. The maximum Gasteiger partial charge on any atom is 0.253 e. The Labute approximate surface area is 115 Å². The number of carbonyl (C=O) groups excluding carboxylic acids is 1. The molecule has 0 aromatic heterocycles. The van der Waals surface area contributed by atoms with Crippen LogP contribution in [0, 0.1) is 5.92 Å². The molecule has 1 aromatic rings. The first kappa shape index (κ1) is 13.9. The van der Waals surface area contributed by atoms with Crippen LogP contribution in [0.5, 0.6) is 0 Å². The Morgan fingerprint density at radius 2 is 1.79 bits per heavy atom. The van der Waals surface area contributed by atoms with E-state index < -0.39 is 0 Å². The van der Waals surface area contributed by atoms with E-state index in [9.17, 15) is 4.79 Å². The number of hydrogen-bond donors (Lipinski definition) is 1. The van der Waals surface area contributed by atoms with Gasteiger partial charge in [0.2, 0.25) is 0 Å². The Hall–Kier alpha value is -1.51. The summed E-state index contributed by atoms with van der Waals surface area (Å²) in [7, 11) is 1.93. The predicted octanol–water partition coefficient (Wildman–Crippen LogP) is 3.31. The summed E-state index contributed by atoms with van der Waals surface area (Å²) >= 11 is 0. The maximum absolute atomic E-state index is 12.4. The predicted molar refractivity (Wildman–Crippen MR) is 79.0 cm³/mol. The van der Waals surface area contributed by atoms with Crippen LogP contribution in [0.3, 0.4) is 0 Å². The molecule has 2 rings (SSSR count). The molecular weight excluding hydrogens is 236 g/mol. The molecular formula is C16H24N2O. The number of benzene rings is 1. The van der Waals surface area contributed by atoms with Crippen molar-refractivity contribution in [3.05, 3.63) is 29.8 Å². The van der Waals surface area contributed by atoms with E-state index in [0.29, 0.717) is 11.7 Å². The summed E-state index contributed by atoms with van der Waals surface area (Å²) in [6, 6.07) is 7.59. The number of nitrogen functional groups attached to an aromatic ring is 1. The van der Waals surface area contributed by atoms with Gasteiger partial charge in [-0.25, -0.2) is 0 Å². The molecule has 1 aromatic carbocycles. The minimum absolute atomic E-state index is 0.111. The molecule has 104 valence electrons. The van der Waals surface area contributed by atoms with Crippen LogP contribution in [0.4, 0.5) is 5.69 Å². The molecule has 0 radical (unpaired) electrons. The van der Waals surface area contributed by atoms with Crippen molar-refractivity contribution in [2.24, 2.45) is 5.92 Å². The van der Waals surface area contributed by atoms with Crippen molar-refractivity contribution < 1.29 is 4.79 Å². The third-order valence-corrected chi connectivity index (χ3v) is 4.42. The molecule has 0 heterocycles. The van der Waals surface area contributed by atoms with E-state index in [1.54, 1.807) is 12.1 Å². The molecule has 3 nitrogen and oxygen atoms in total. The van der Waals surface area contributed by atoms with Crippen molar-refractivity contribution in [1.29, 1.82) is 0 Å². The molecule has 0 bridgehead atoms. The van der Waals surface area contributed by atoms with E-state index in [2.05, 4.69) is 6.92 Å². The summed E-state index contributed by atoms with van der Waals surface area (Å²) in [6.45, 7) is 2.26. The number of hydrogen-bond acceptors (Lipinski definition) is 2. The van der Waals surface area contributed by atoms with Gasteiger partial charge in [-0.1, -0.05) is 13.3 Å². The largest absolute Gasteiger partial charge is 0.399 e. The second kappa shape index (κ2) is 6.09. The standard InChI is InChI=1S/C16H24N2O/c1-3-12-4-10-15(11-5-12)18(2)16(19)13-6-8-14(17)9-7-13/h6-9,12,15H,3-5,10-11,17H2,1-2H3. The van der Waals surface area contributed by atoms with Crippen LogP contribution in [-0.4, -0.2) is 23.9 Å². The lowest BCUT2D eigenvalue weighted by atomic mass is 9.84. The fourth-order valence-electron chi connectivity index (χ4n) is 2.94. The second-order valence-electron chi connectivity index (χ2n) is 5.62. The van der Waals surface area contributed by atoms with Crippen molar-refractivity contribution in [1.82, 2.24) is 4.90 Å². The van der Waals surface area contributed by atoms with E-state index in [-0.39, 0.29) is 5.91 Å². The number of carbonyl (C=O) groups is 1. The molecule has 3 heteroatoms. The molecule has 1 saturated carbocycles. The number of nitrogens with zero attached hydrogens (tertiary/aromatic N) is 1. The molecule has 1 aliphatic carbocycles. The smallest absolute Gasteiger partial charge is 0.253 e. The highest BCUT2D eigenvalue weighted by Crippen LogP contribution is 2.29. The minimum atomic E-state index is 0.111. The number of anilines is 1. The third kappa shape index (κ3) is 3.28. The fourth-order valence-corrected chi connectivity index (χ4v) is 2.94. The van der Waals surface area contributed by atoms with Gasteiger partial charge in [0.15, 0.2) is 0 Å². The van der Waals surface area contributed by atoms with E-state index in [4.69, 9.17) is 5.73 Å². The lowest BCUT2D eigenvalue weighted by Gasteiger charge is -2.34. The molecule has 1 fully saturated rings. The lowest BCUT2D eigenvalue weighted by Crippen LogP contribution is -2.39. The fraction of sp³-hybridized carbons (Fsp3) is 0.562. The van der Waals surface area contributed by atoms with Crippen molar-refractivity contribution in [3.8, 4) is 0 Å². The van der Waals surface area contributed by atoms with Gasteiger partial charge in [0.1, 0.15) is 0 Å². The van der Waals surface area contributed by atoms with Gasteiger partial charge in [-0.05, 0) is 55.9 Å². The number of amides is 1. The SMILES string of the molecule is CCC1CCC(N(C)C(=O)c2ccc(N)cc2)CC1. The summed E-state index contributed by atoms with van der Waals surface area (Å²) in [5.74, 6) is 0.969. The van der Waals surface area contributed by atoms with Gasteiger partial charge < -0.3 is 10.6 Å². The summed E-state index contributed by atoms with van der Waals surface area (Å²) in [5.41, 5.74) is 7.08. The van der Waals surface area contributed by atoms with E-state index in [1.165, 1.54) is 19.3 Å². The van der Waals surface area contributed by atoms with Gasteiger partial charge in [-0.2, -0.15) is 0 Å². The quantitative estimate of drug-likeness (QED) is 0.847. The summed E-state index contributed by atoms with van der Waals surface area (Å²) in [4.78, 5) is 14.3. The minimum Gasteiger partial charge on any atom is -0.399 e. The maximum atomic E-state index is 12.4. The highest BCUT2D eigenvalue weighted by Gasteiger charge is 2.26. The Morgan fingerprint density at radius 1 is 1.21 bits per heavy atom. The van der Waals surface area contributed by atoms with Crippen molar-refractivity contribution >= 4 is 11.6 Å². The first-order valence-corrected chi connectivity index (χ1v) is 7.24. The van der Waals surface area contributed by atoms with Crippen LogP contribution in [0.1, 0.15) is 49.4 Å².